The van der Waals surface area contributed by atoms with Gasteiger partial charge in [0.1, 0.15) is 5.75 Å². The summed E-state index contributed by atoms with van der Waals surface area (Å²) >= 11 is 3.49. The van der Waals surface area contributed by atoms with E-state index in [9.17, 15) is 0 Å². The molecule has 0 bridgehead atoms. The van der Waals surface area contributed by atoms with E-state index in [4.69, 9.17) is 10.5 Å². The highest BCUT2D eigenvalue weighted by atomic mass is 79.9. The van der Waals surface area contributed by atoms with Crippen LogP contribution in [0.4, 0.5) is 0 Å². The number of rotatable bonds is 6. The lowest BCUT2D eigenvalue weighted by Crippen LogP contribution is -2.01. The molecular formula is C16H18BrNO. The van der Waals surface area contributed by atoms with Crippen molar-refractivity contribution in [3.8, 4) is 5.75 Å². The summed E-state index contributed by atoms with van der Waals surface area (Å²) in [7, 11) is 0. The molecule has 3 heteroatoms. The second-order valence-corrected chi connectivity index (χ2v) is 5.25. The van der Waals surface area contributed by atoms with Crippen molar-refractivity contribution in [1.82, 2.24) is 0 Å². The summed E-state index contributed by atoms with van der Waals surface area (Å²) in [6, 6.07) is 16.4. The molecule has 0 saturated carbocycles. The molecule has 0 atom stereocenters. The topological polar surface area (TPSA) is 35.2 Å². The van der Waals surface area contributed by atoms with E-state index in [0.717, 1.165) is 35.2 Å². The van der Waals surface area contributed by atoms with Crippen molar-refractivity contribution in [2.75, 3.05) is 6.61 Å². The molecule has 0 unspecified atom stereocenters. The molecule has 2 nitrogen and oxygen atoms in total. The van der Waals surface area contributed by atoms with Crippen LogP contribution >= 0.6 is 15.9 Å². The first-order valence-electron chi connectivity index (χ1n) is 6.45. The summed E-state index contributed by atoms with van der Waals surface area (Å²) in [5.41, 5.74) is 8.06. The van der Waals surface area contributed by atoms with Gasteiger partial charge in [-0.05, 0) is 36.1 Å². The van der Waals surface area contributed by atoms with Crippen molar-refractivity contribution in [3.63, 3.8) is 0 Å². The van der Waals surface area contributed by atoms with E-state index in [0.29, 0.717) is 6.54 Å². The Morgan fingerprint density at radius 1 is 1.05 bits per heavy atom. The van der Waals surface area contributed by atoms with Crippen molar-refractivity contribution >= 4 is 15.9 Å². The maximum atomic E-state index is 5.74. The highest BCUT2D eigenvalue weighted by Crippen LogP contribution is 2.22. The minimum absolute atomic E-state index is 0.537. The summed E-state index contributed by atoms with van der Waals surface area (Å²) in [5, 5.41) is 0. The average molecular weight is 320 g/mol. The number of nitrogens with two attached hydrogens (primary N) is 1. The fraction of sp³-hybridized carbons (Fsp3) is 0.250. The maximum absolute atomic E-state index is 5.74. The van der Waals surface area contributed by atoms with E-state index < -0.39 is 0 Å². The monoisotopic (exact) mass is 319 g/mol. The Bertz CT molecular complexity index is 513. The Morgan fingerprint density at radius 2 is 1.84 bits per heavy atom. The van der Waals surface area contributed by atoms with Gasteiger partial charge in [0.15, 0.2) is 0 Å². The van der Waals surface area contributed by atoms with Gasteiger partial charge >= 0.3 is 0 Å². The SMILES string of the molecule is NCc1ccc(OCCCc2ccccc2)cc1Br. The second-order valence-electron chi connectivity index (χ2n) is 4.39. The fourth-order valence-corrected chi connectivity index (χ4v) is 2.41. The lowest BCUT2D eigenvalue weighted by molar-refractivity contribution is 0.311. The molecule has 0 aliphatic rings. The predicted octanol–water partition coefficient (Wildman–Crippen LogP) is 3.92. The van der Waals surface area contributed by atoms with Gasteiger partial charge in [-0.25, -0.2) is 0 Å². The summed E-state index contributed by atoms with van der Waals surface area (Å²) < 4.78 is 6.75. The van der Waals surface area contributed by atoms with Crippen LogP contribution in [0.1, 0.15) is 17.5 Å². The molecule has 0 aliphatic heterocycles. The van der Waals surface area contributed by atoms with Crippen LogP contribution in [0.2, 0.25) is 0 Å². The van der Waals surface area contributed by atoms with Crippen LogP contribution in [0.5, 0.6) is 5.75 Å². The number of halogens is 1. The standard InChI is InChI=1S/C16H18BrNO/c17-16-11-15(9-8-14(16)12-18)19-10-4-7-13-5-2-1-3-6-13/h1-3,5-6,8-9,11H,4,7,10,12,18H2. The maximum Gasteiger partial charge on any atom is 0.120 e. The van der Waals surface area contributed by atoms with E-state index >= 15 is 0 Å². The van der Waals surface area contributed by atoms with Crippen molar-refractivity contribution < 1.29 is 4.74 Å². The molecule has 2 N–H and O–H groups in total. The molecule has 19 heavy (non-hydrogen) atoms. The van der Waals surface area contributed by atoms with E-state index in [1.54, 1.807) is 0 Å². The van der Waals surface area contributed by atoms with Gasteiger partial charge in [0.05, 0.1) is 6.61 Å². The highest BCUT2D eigenvalue weighted by Gasteiger charge is 2.01. The van der Waals surface area contributed by atoms with Crippen molar-refractivity contribution in [1.29, 1.82) is 0 Å². The van der Waals surface area contributed by atoms with E-state index in [2.05, 4.69) is 40.2 Å². The molecule has 2 rings (SSSR count). The van der Waals surface area contributed by atoms with E-state index in [1.165, 1.54) is 5.56 Å². The first kappa shape index (κ1) is 14.1. The Labute approximate surface area is 122 Å². The minimum atomic E-state index is 0.537. The number of ether oxygens (including phenoxy) is 1. The van der Waals surface area contributed by atoms with Gasteiger partial charge in [-0.2, -0.15) is 0 Å². The predicted molar refractivity (Wildman–Crippen MR) is 82.3 cm³/mol. The van der Waals surface area contributed by atoms with Crippen LogP contribution in [0, 0.1) is 0 Å². The molecule has 0 spiro atoms. The molecule has 0 heterocycles. The molecule has 2 aromatic rings. The van der Waals surface area contributed by atoms with Gasteiger partial charge in [0.25, 0.3) is 0 Å². The van der Waals surface area contributed by atoms with Gasteiger partial charge in [-0.15, -0.1) is 0 Å². The van der Waals surface area contributed by atoms with Crippen LogP contribution in [0.15, 0.2) is 53.0 Å². The zero-order chi connectivity index (χ0) is 13.5. The summed E-state index contributed by atoms with van der Waals surface area (Å²) in [6.45, 7) is 1.26. The number of hydrogen-bond acceptors (Lipinski definition) is 2. The third-order valence-corrected chi connectivity index (χ3v) is 3.70. The van der Waals surface area contributed by atoms with Gasteiger partial charge in [0, 0.05) is 11.0 Å². The third-order valence-electron chi connectivity index (χ3n) is 2.97. The lowest BCUT2D eigenvalue weighted by Gasteiger charge is -2.08. The van der Waals surface area contributed by atoms with Crippen LogP contribution in [-0.4, -0.2) is 6.61 Å². The molecule has 2 aromatic carbocycles. The zero-order valence-electron chi connectivity index (χ0n) is 10.8. The second kappa shape index (κ2) is 7.31. The highest BCUT2D eigenvalue weighted by molar-refractivity contribution is 9.10. The summed E-state index contributed by atoms with van der Waals surface area (Å²) in [4.78, 5) is 0. The first-order chi connectivity index (χ1) is 9.29. The van der Waals surface area contributed by atoms with E-state index in [-0.39, 0.29) is 0 Å². The van der Waals surface area contributed by atoms with Gasteiger partial charge in [0.2, 0.25) is 0 Å². The number of benzene rings is 2. The lowest BCUT2D eigenvalue weighted by atomic mass is 10.1. The van der Waals surface area contributed by atoms with Crippen molar-refractivity contribution in [3.05, 3.63) is 64.1 Å². The number of hydrogen-bond donors (Lipinski definition) is 1. The molecule has 0 saturated heterocycles. The van der Waals surface area contributed by atoms with Crippen LogP contribution in [0.25, 0.3) is 0 Å². The van der Waals surface area contributed by atoms with E-state index in [1.807, 2.05) is 24.3 Å². The van der Waals surface area contributed by atoms with Crippen LogP contribution < -0.4 is 10.5 Å². The first-order valence-corrected chi connectivity index (χ1v) is 7.24. The van der Waals surface area contributed by atoms with Gasteiger partial charge < -0.3 is 10.5 Å². The molecule has 100 valence electrons. The number of aryl methyl sites for hydroxylation is 1. The Balaban J connectivity index is 1.78. The molecular weight excluding hydrogens is 302 g/mol. The smallest absolute Gasteiger partial charge is 0.120 e. The van der Waals surface area contributed by atoms with Crippen LogP contribution in [-0.2, 0) is 13.0 Å². The van der Waals surface area contributed by atoms with Crippen molar-refractivity contribution in [2.45, 2.75) is 19.4 Å². The summed E-state index contributed by atoms with van der Waals surface area (Å²) in [6.07, 6.45) is 2.06. The summed E-state index contributed by atoms with van der Waals surface area (Å²) in [5.74, 6) is 0.886. The van der Waals surface area contributed by atoms with Gasteiger partial charge in [-0.1, -0.05) is 52.3 Å². The Hall–Kier alpha value is -1.32. The minimum Gasteiger partial charge on any atom is -0.494 e. The third kappa shape index (κ3) is 4.37. The normalized spacial score (nSPS) is 10.4. The molecule has 0 amide bonds. The molecule has 0 aliphatic carbocycles. The molecule has 0 aromatic heterocycles. The molecule has 0 radical (unpaired) electrons. The quantitative estimate of drug-likeness (QED) is 0.819. The zero-order valence-corrected chi connectivity index (χ0v) is 12.4. The Morgan fingerprint density at radius 3 is 2.53 bits per heavy atom. The average Bonchev–Trinajstić information content (AvgIpc) is 2.45. The van der Waals surface area contributed by atoms with Crippen LogP contribution in [0.3, 0.4) is 0 Å². The fourth-order valence-electron chi connectivity index (χ4n) is 1.89. The Kier molecular flexibility index (Phi) is 5.43. The van der Waals surface area contributed by atoms with Gasteiger partial charge in [-0.3, -0.25) is 0 Å². The largest absolute Gasteiger partial charge is 0.494 e. The molecule has 0 fully saturated rings. The van der Waals surface area contributed by atoms with Crippen molar-refractivity contribution in [2.24, 2.45) is 5.73 Å².